The van der Waals surface area contributed by atoms with Crippen LogP contribution in [0.1, 0.15) is 22.8 Å². The summed E-state index contributed by atoms with van der Waals surface area (Å²) < 4.78 is 16.3. The van der Waals surface area contributed by atoms with E-state index in [2.05, 4.69) is 10.5 Å². The molecule has 0 saturated carbocycles. The molecule has 38 heavy (non-hydrogen) atoms. The largest absolute Gasteiger partial charge is 0.497 e. The zero-order chi connectivity index (χ0) is 27.1. The number of carbonyl (C=O) groups is 2. The van der Waals surface area contributed by atoms with Crippen LogP contribution in [0.2, 0.25) is 0 Å². The Morgan fingerprint density at radius 3 is 2.32 bits per heavy atom. The zero-order valence-electron chi connectivity index (χ0n) is 20.5. The molecule has 0 aromatic heterocycles. The van der Waals surface area contributed by atoms with Gasteiger partial charge in [0.15, 0.2) is 6.10 Å². The van der Waals surface area contributed by atoms with Gasteiger partial charge >= 0.3 is 5.97 Å². The normalized spacial score (nSPS) is 11.6. The van der Waals surface area contributed by atoms with Crippen LogP contribution in [-0.2, 0) is 4.79 Å². The molecular weight excluding hydrogens is 490 g/mol. The molecule has 1 amide bonds. The van der Waals surface area contributed by atoms with Gasteiger partial charge in [-0.2, -0.15) is 5.10 Å². The lowest BCUT2D eigenvalue weighted by Gasteiger charge is -2.13. The smallest absolute Gasteiger partial charge is 0.343 e. The molecule has 4 aromatic carbocycles. The summed E-state index contributed by atoms with van der Waals surface area (Å²) in [6.07, 6.45) is 0.462. The fourth-order valence-electron chi connectivity index (χ4n) is 3.54. The van der Waals surface area contributed by atoms with Crippen molar-refractivity contribution in [2.75, 3.05) is 7.11 Å². The number of nitrogens with zero attached hydrogens (tertiary/aromatic N) is 2. The van der Waals surface area contributed by atoms with Gasteiger partial charge in [0.2, 0.25) is 0 Å². The van der Waals surface area contributed by atoms with Gasteiger partial charge in [-0.3, -0.25) is 14.9 Å². The number of hydrazone groups is 1. The molecule has 4 rings (SSSR count). The van der Waals surface area contributed by atoms with E-state index >= 15 is 0 Å². The van der Waals surface area contributed by atoms with Gasteiger partial charge in [0.25, 0.3) is 11.6 Å². The fourth-order valence-corrected chi connectivity index (χ4v) is 3.54. The van der Waals surface area contributed by atoms with E-state index in [1.54, 1.807) is 30.3 Å². The number of amides is 1. The molecule has 192 valence electrons. The van der Waals surface area contributed by atoms with Gasteiger partial charge < -0.3 is 14.2 Å². The van der Waals surface area contributed by atoms with Crippen molar-refractivity contribution in [1.29, 1.82) is 0 Å². The SMILES string of the molecule is COc1ccc(C(=O)Oc2ccc3ccccc3c2C=NNC(=O)C(C)Oc2ccc([N+](=O)[O-])cc2)cc1. The molecule has 0 aliphatic heterocycles. The maximum atomic E-state index is 12.8. The second-order valence-corrected chi connectivity index (χ2v) is 8.06. The molecule has 4 aromatic rings. The lowest BCUT2D eigenvalue weighted by Crippen LogP contribution is -2.33. The number of ether oxygens (including phenoxy) is 3. The Bertz CT molecular complexity index is 1500. The number of esters is 1. The molecule has 0 fully saturated rings. The number of benzene rings is 4. The van der Waals surface area contributed by atoms with Crippen LogP contribution in [-0.4, -0.2) is 36.2 Å². The van der Waals surface area contributed by atoms with Crippen molar-refractivity contribution >= 4 is 34.6 Å². The summed E-state index contributed by atoms with van der Waals surface area (Å²) >= 11 is 0. The highest BCUT2D eigenvalue weighted by Gasteiger charge is 2.16. The minimum absolute atomic E-state index is 0.0855. The molecule has 0 bridgehead atoms. The van der Waals surface area contributed by atoms with Crippen LogP contribution < -0.4 is 19.6 Å². The Kier molecular flexibility index (Phi) is 7.92. The number of nitro groups is 1. The molecule has 1 N–H and O–H groups in total. The molecule has 0 aliphatic rings. The number of hydrogen-bond donors (Lipinski definition) is 1. The van der Waals surface area contributed by atoms with E-state index in [1.807, 2.05) is 30.3 Å². The number of nitrogens with one attached hydrogen (secondary N) is 1. The van der Waals surface area contributed by atoms with Gasteiger partial charge in [0.1, 0.15) is 17.2 Å². The first kappa shape index (κ1) is 25.8. The minimum Gasteiger partial charge on any atom is -0.497 e. The molecule has 0 aliphatic carbocycles. The maximum absolute atomic E-state index is 12.8. The van der Waals surface area contributed by atoms with Crippen molar-refractivity contribution in [2.24, 2.45) is 5.10 Å². The van der Waals surface area contributed by atoms with Crippen LogP contribution in [0.4, 0.5) is 5.69 Å². The maximum Gasteiger partial charge on any atom is 0.343 e. The Balaban J connectivity index is 1.49. The third-order valence-corrected chi connectivity index (χ3v) is 5.56. The number of hydrogen-bond acceptors (Lipinski definition) is 8. The molecule has 10 nitrogen and oxygen atoms in total. The van der Waals surface area contributed by atoms with Crippen molar-refractivity contribution in [3.8, 4) is 17.2 Å². The number of fused-ring (bicyclic) bond motifs is 1. The van der Waals surface area contributed by atoms with Gasteiger partial charge in [0.05, 0.1) is 23.8 Å². The van der Waals surface area contributed by atoms with E-state index in [-0.39, 0.29) is 11.4 Å². The van der Waals surface area contributed by atoms with Crippen LogP contribution in [0.15, 0.2) is 90.0 Å². The first-order chi connectivity index (χ1) is 18.4. The fraction of sp³-hybridized carbons (Fsp3) is 0.107. The first-order valence-electron chi connectivity index (χ1n) is 11.5. The summed E-state index contributed by atoms with van der Waals surface area (Å²) in [5, 5.41) is 16.5. The van der Waals surface area contributed by atoms with E-state index in [0.29, 0.717) is 22.6 Å². The standard InChI is InChI=1S/C28H23N3O7/c1-18(37-23-14-10-21(11-15-23)31(34)35)27(32)30-29-17-25-24-6-4-3-5-19(24)9-16-26(25)38-28(33)20-7-12-22(36-2)13-8-20/h3-18H,1-2H3,(H,30,32). The zero-order valence-corrected chi connectivity index (χ0v) is 20.5. The van der Waals surface area contributed by atoms with Crippen LogP contribution in [0.3, 0.4) is 0 Å². The number of methoxy groups -OCH3 is 1. The van der Waals surface area contributed by atoms with Crippen LogP contribution in [0.25, 0.3) is 10.8 Å². The van der Waals surface area contributed by atoms with E-state index in [0.717, 1.165) is 10.8 Å². The highest BCUT2D eigenvalue weighted by Crippen LogP contribution is 2.28. The van der Waals surface area contributed by atoms with Gasteiger partial charge in [0, 0.05) is 17.7 Å². The van der Waals surface area contributed by atoms with Gasteiger partial charge in [-0.1, -0.05) is 30.3 Å². The number of carbonyl (C=O) groups excluding carboxylic acids is 2. The molecule has 1 atom stereocenters. The molecule has 10 heteroatoms. The van der Waals surface area contributed by atoms with Crippen molar-refractivity contribution < 1.29 is 28.7 Å². The van der Waals surface area contributed by atoms with Crippen LogP contribution >= 0.6 is 0 Å². The summed E-state index contributed by atoms with van der Waals surface area (Å²) in [5.41, 5.74) is 3.16. The first-order valence-corrected chi connectivity index (χ1v) is 11.5. The number of nitro benzene ring substituents is 1. The third kappa shape index (κ3) is 6.11. The van der Waals surface area contributed by atoms with Crippen molar-refractivity contribution in [1.82, 2.24) is 5.43 Å². The van der Waals surface area contributed by atoms with Crippen LogP contribution in [0.5, 0.6) is 17.2 Å². The molecular formula is C28H23N3O7. The molecule has 0 radical (unpaired) electrons. The third-order valence-electron chi connectivity index (χ3n) is 5.56. The topological polar surface area (TPSA) is 129 Å². The summed E-state index contributed by atoms with van der Waals surface area (Å²) in [6, 6.07) is 22.9. The van der Waals surface area contributed by atoms with E-state index in [4.69, 9.17) is 14.2 Å². The summed E-state index contributed by atoms with van der Waals surface area (Å²) in [4.78, 5) is 35.6. The van der Waals surface area contributed by atoms with E-state index < -0.39 is 22.9 Å². The average molecular weight is 514 g/mol. The highest BCUT2D eigenvalue weighted by atomic mass is 16.6. The Hall–Kier alpha value is -5.25. The van der Waals surface area contributed by atoms with Crippen molar-refractivity contribution in [3.05, 3.63) is 106 Å². The minimum atomic E-state index is -0.937. The van der Waals surface area contributed by atoms with Crippen molar-refractivity contribution in [2.45, 2.75) is 13.0 Å². The van der Waals surface area contributed by atoms with E-state index in [9.17, 15) is 19.7 Å². The number of rotatable bonds is 9. The number of non-ortho nitro benzene ring substituents is 1. The summed E-state index contributed by atoms with van der Waals surface area (Å²) in [6.45, 7) is 1.52. The van der Waals surface area contributed by atoms with Gasteiger partial charge in [-0.15, -0.1) is 0 Å². The highest BCUT2D eigenvalue weighted by molar-refractivity contribution is 6.04. The van der Waals surface area contributed by atoms with Gasteiger partial charge in [-0.25, -0.2) is 10.2 Å². The molecule has 1 unspecified atom stereocenters. The monoisotopic (exact) mass is 513 g/mol. The predicted octanol–water partition coefficient (Wildman–Crippen LogP) is 4.89. The van der Waals surface area contributed by atoms with E-state index in [1.165, 1.54) is 44.5 Å². The second kappa shape index (κ2) is 11.7. The predicted molar refractivity (Wildman–Crippen MR) is 141 cm³/mol. The lowest BCUT2D eigenvalue weighted by atomic mass is 10.0. The summed E-state index contributed by atoms with van der Waals surface area (Å²) in [5.74, 6) is 0.0627. The van der Waals surface area contributed by atoms with Gasteiger partial charge in [-0.05, 0) is 60.2 Å². The lowest BCUT2D eigenvalue weighted by molar-refractivity contribution is -0.384. The average Bonchev–Trinajstić information content (AvgIpc) is 2.94. The second-order valence-electron chi connectivity index (χ2n) is 8.06. The van der Waals surface area contributed by atoms with Crippen molar-refractivity contribution in [3.63, 3.8) is 0 Å². The molecule has 0 heterocycles. The van der Waals surface area contributed by atoms with Crippen LogP contribution in [0, 0.1) is 10.1 Å². The summed E-state index contributed by atoms with van der Waals surface area (Å²) in [7, 11) is 1.54. The molecule has 0 spiro atoms. The quantitative estimate of drug-likeness (QED) is 0.111. The Morgan fingerprint density at radius 1 is 0.947 bits per heavy atom. The Labute approximate surface area is 217 Å². The molecule has 0 saturated heterocycles. The Morgan fingerprint density at radius 2 is 1.63 bits per heavy atom.